The average molecular weight is 171 g/mol. The van der Waals surface area contributed by atoms with Crippen LogP contribution in [0.25, 0.3) is 0 Å². The second-order valence-corrected chi connectivity index (χ2v) is 3.14. The molecule has 0 spiro atoms. The van der Waals surface area contributed by atoms with Gasteiger partial charge < -0.3 is 0 Å². The van der Waals surface area contributed by atoms with Gasteiger partial charge >= 0.3 is 0 Å². The van der Waals surface area contributed by atoms with Crippen molar-refractivity contribution in [3.8, 4) is 0 Å². The van der Waals surface area contributed by atoms with E-state index in [1.165, 1.54) is 11.1 Å². The highest BCUT2D eigenvalue weighted by molar-refractivity contribution is 6.01. The molecule has 1 aliphatic rings. The van der Waals surface area contributed by atoms with Crippen LogP contribution in [0.5, 0.6) is 0 Å². The van der Waals surface area contributed by atoms with Gasteiger partial charge in [-0.05, 0) is 18.1 Å². The smallest absolute Gasteiger partial charge is 0.0719 e. The van der Waals surface area contributed by atoms with Crippen molar-refractivity contribution < 1.29 is 0 Å². The lowest BCUT2D eigenvalue weighted by molar-refractivity contribution is 0.965. The zero-order valence-corrected chi connectivity index (χ0v) is 7.57. The largest absolute Gasteiger partial charge is 0.159 e. The van der Waals surface area contributed by atoms with Gasteiger partial charge in [-0.1, -0.05) is 30.3 Å². The first kappa shape index (κ1) is 8.05. The summed E-state index contributed by atoms with van der Waals surface area (Å²) in [5.41, 5.74) is 7.40. The zero-order valence-electron chi connectivity index (χ0n) is 7.57. The van der Waals surface area contributed by atoms with E-state index in [0.717, 1.165) is 12.1 Å². The molecule has 2 nitrogen and oxygen atoms in total. The molecule has 65 valence electrons. The zero-order chi connectivity index (χ0) is 9.10. The van der Waals surface area contributed by atoms with Crippen LogP contribution in [-0.2, 0) is 6.42 Å². The Morgan fingerprint density at radius 3 is 2.54 bits per heavy atom. The first-order valence-corrected chi connectivity index (χ1v) is 4.34. The maximum Gasteiger partial charge on any atom is 0.0719 e. The highest BCUT2D eigenvalue weighted by atomic mass is 15.3. The molecule has 0 saturated heterocycles. The van der Waals surface area contributed by atoms with Crippen LogP contribution in [0.3, 0.4) is 0 Å². The second kappa shape index (κ2) is 3.44. The van der Waals surface area contributed by atoms with Crippen LogP contribution < -0.4 is 5.43 Å². The fourth-order valence-corrected chi connectivity index (χ4v) is 1.30. The van der Waals surface area contributed by atoms with Crippen LogP contribution in [0.15, 0.2) is 47.2 Å². The minimum Gasteiger partial charge on any atom is -0.159 e. The Morgan fingerprint density at radius 1 is 1.15 bits per heavy atom. The first-order valence-electron chi connectivity index (χ1n) is 4.34. The number of hydrogen-bond acceptors (Lipinski definition) is 1. The lowest BCUT2D eigenvalue weighted by Crippen LogP contribution is -2.01. The Hall–Kier alpha value is -1.57. The van der Waals surface area contributed by atoms with E-state index in [0.29, 0.717) is 0 Å². The van der Waals surface area contributed by atoms with Crippen LogP contribution in [0, 0.1) is 0 Å². The van der Waals surface area contributed by atoms with E-state index in [-0.39, 0.29) is 0 Å². The molecule has 0 unspecified atom stereocenters. The summed E-state index contributed by atoms with van der Waals surface area (Å²) in [5, 5.41) is 4.06. The maximum absolute atomic E-state index is 4.06. The summed E-state index contributed by atoms with van der Waals surface area (Å²) in [4.78, 5) is 0. The molecule has 0 amide bonds. The second-order valence-electron chi connectivity index (χ2n) is 3.14. The molecule has 0 fully saturated rings. The Kier molecular flexibility index (Phi) is 2.13. The molecule has 1 aromatic carbocycles. The van der Waals surface area contributed by atoms with Crippen molar-refractivity contribution >= 4 is 5.71 Å². The van der Waals surface area contributed by atoms with E-state index < -0.39 is 0 Å². The van der Waals surface area contributed by atoms with Gasteiger partial charge in [0.05, 0.1) is 11.9 Å². The molecular formula is C11H11N2. The Balaban J connectivity index is 2.12. The summed E-state index contributed by atoms with van der Waals surface area (Å²) in [6.45, 7) is 2.04. The van der Waals surface area contributed by atoms with Crippen molar-refractivity contribution in [2.45, 2.75) is 13.3 Å². The van der Waals surface area contributed by atoms with Gasteiger partial charge in [-0.25, -0.2) is 0 Å². The molecule has 1 radical (unpaired) electrons. The van der Waals surface area contributed by atoms with E-state index in [4.69, 9.17) is 0 Å². The molecule has 0 atom stereocenters. The van der Waals surface area contributed by atoms with Crippen molar-refractivity contribution in [3.05, 3.63) is 47.7 Å². The monoisotopic (exact) mass is 171 g/mol. The van der Waals surface area contributed by atoms with Crippen molar-refractivity contribution in [1.82, 2.24) is 5.43 Å². The highest BCUT2D eigenvalue weighted by Gasteiger charge is 2.08. The molecule has 0 bridgehead atoms. The molecule has 0 aromatic heterocycles. The normalized spacial score (nSPS) is 14.8. The predicted octanol–water partition coefficient (Wildman–Crippen LogP) is 2.11. The van der Waals surface area contributed by atoms with Gasteiger partial charge in [0.1, 0.15) is 0 Å². The molecule has 0 saturated carbocycles. The third-order valence-electron chi connectivity index (χ3n) is 2.10. The molecule has 2 rings (SSSR count). The topological polar surface area (TPSA) is 26.5 Å². The molecule has 1 heterocycles. The lowest BCUT2D eigenvalue weighted by atomic mass is 10.0. The summed E-state index contributed by atoms with van der Waals surface area (Å²) in [6.07, 6.45) is 2.69. The maximum atomic E-state index is 4.06. The van der Waals surface area contributed by atoms with Crippen LogP contribution in [0.4, 0.5) is 0 Å². The lowest BCUT2D eigenvalue weighted by Gasteiger charge is -2.00. The number of rotatable bonds is 2. The quantitative estimate of drug-likeness (QED) is 0.651. The average Bonchev–Trinajstić information content (AvgIpc) is 2.54. The first-order chi connectivity index (χ1) is 6.36. The van der Waals surface area contributed by atoms with Crippen LogP contribution in [0.2, 0.25) is 0 Å². The van der Waals surface area contributed by atoms with Crippen molar-refractivity contribution in [2.75, 3.05) is 0 Å². The highest BCUT2D eigenvalue weighted by Crippen LogP contribution is 2.09. The summed E-state index contributed by atoms with van der Waals surface area (Å²) in [5.74, 6) is 0. The van der Waals surface area contributed by atoms with Gasteiger partial charge in [0.2, 0.25) is 0 Å². The van der Waals surface area contributed by atoms with Gasteiger partial charge in [-0.2, -0.15) is 10.5 Å². The minimum absolute atomic E-state index is 0.882. The molecule has 1 aromatic rings. The molecule has 1 aliphatic heterocycles. The van der Waals surface area contributed by atoms with E-state index in [9.17, 15) is 0 Å². The minimum atomic E-state index is 0.882. The summed E-state index contributed by atoms with van der Waals surface area (Å²) < 4.78 is 0. The standard InChI is InChI=1S/C11H11N2/c1-9-8-12-13-11(9)7-10-5-3-2-4-6-10/h2-6,8H,7H2,1H3. The number of hydrogen-bond donors (Lipinski definition) is 0. The van der Waals surface area contributed by atoms with Crippen molar-refractivity contribution in [3.63, 3.8) is 0 Å². The van der Waals surface area contributed by atoms with Gasteiger partial charge in [0.15, 0.2) is 0 Å². The van der Waals surface area contributed by atoms with Crippen molar-refractivity contribution in [1.29, 1.82) is 0 Å². The Bertz CT molecular complexity index is 350. The van der Waals surface area contributed by atoms with Gasteiger partial charge in [-0.3, -0.25) is 0 Å². The summed E-state index contributed by atoms with van der Waals surface area (Å²) >= 11 is 0. The Labute approximate surface area is 78.0 Å². The molecule has 0 N–H and O–H groups in total. The van der Waals surface area contributed by atoms with Crippen LogP contribution in [-0.4, -0.2) is 5.71 Å². The van der Waals surface area contributed by atoms with E-state index >= 15 is 0 Å². The van der Waals surface area contributed by atoms with E-state index in [2.05, 4.69) is 22.7 Å². The third kappa shape index (κ3) is 1.78. The summed E-state index contributed by atoms with van der Waals surface area (Å²) in [7, 11) is 0. The SMILES string of the molecule is CC1=C[N]N=C1Cc1ccccc1. The number of allylic oxidation sites excluding steroid dienone is 1. The summed E-state index contributed by atoms with van der Waals surface area (Å²) in [6, 6.07) is 10.3. The third-order valence-corrected chi connectivity index (χ3v) is 2.10. The van der Waals surface area contributed by atoms with Crippen molar-refractivity contribution in [2.24, 2.45) is 5.10 Å². The number of benzene rings is 1. The van der Waals surface area contributed by atoms with Crippen LogP contribution in [0.1, 0.15) is 12.5 Å². The molecule has 13 heavy (non-hydrogen) atoms. The van der Waals surface area contributed by atoms with Gasteiger partial charge in [-0.15, -0.1) is 0 Å². The fourth-order valence-electron chi connectivity index (χ4n) is 1.30. The van der Waals surface area contributed by atoms with Crippen LogP contribution >= 0.6 is 0 Å². The van der Waals surface area contributed by atoms with E-state index in [1.807, 2.05) is 25.1 Å². The molecule has 0 aliphatic carbocycles. The van der Waals surface area contributed by atoms with E-state index in [1.54, 1.807) is 6.20 Å². The molecule has 2 heteroatoms. The molecular weight excluding hydrogens is 160 g/mol. The number of nitrogens with zero attached hydrogens (tertiary/aromatic N) is 2. The van der Waals surface area contributed by atoms with Gasteiger partial charge in [0.25, 0.3) is 0 Å². The van der Waals surface area contributed by atoms with Gasteiger partial charge in [0, 0.05) is 6.42 Å². The predicted molar refractivity (Wildman–Crippen MR) is 53.5 cm³/mol. The fraction of sp³-hybridized carbons (Fsp3) is 0.182. The Morgan fingerprint density at radius 2 is 1.92 bits per heavy atom.